The molecule has 1 saturated heterocycles. The molecule has 0 amide bonds. The van der Waals surface area contributed by atoms with Crippen molar-refractivity contribution in [2.45, 2.75) is 26.6 Å². The minimum absolute atomic E-state index is 0. The van der Waals surface area contributed by atoms with Crippen LogP contribution in [0.15, 0.2) is 0 Å². The Kier molecular flexibility index (Phi) is 3.63. The van der Waals surface area contributed by atoms with Crippen LogP contribution in [0, 0.1) is 5.92 Å². The summed E-state index contributed by atoms with van der Waals surface area (Å²) in [7, 11) is 0. The van der Waals surface area contributed by atoms with Gasteiger partial charge in [0.25, 0.3) is 0 Å². The fourth-order valence-corrected chi connectivity index (χ4v) is 1.03. The van der Waals surface area contributed by atoms with Crippen LogP contribution in [0.4, 0.5) is 0 Å². The fraction of sp³-hybridized carbons (Fsp3) is 0.571. The zero-order valence-corrected chi connectivity index (χ0v) is 9.05. The van der Waals surface area contributed by atoms with E-state index in [0.717, 1.165) is 0 Å². The van der Waals surface area contributed by atoms with E-state index < -0.39 is 5.79 Å². The van der Waals surface area contributed by atoms with Crippen molar-refractivity contribution in [2.75, 3.05) is 0 Å². The third-order valence-corrected chi connectivity index (χ3v) is 1.49. The van der Waals surface area contributed by atoms with Crippen LogP contribution in [0.25, 0.3) is 0 Å². The summed E-state index contributed by atoms with van der Waals surface area (Å²) in [5.41, 5.74) is 0. The molecule has 0 bridgehead atoms. The summed E-state index contributed by atoms with van der Waals surface area (Å²) < 4.78 is 0. The Bertz CT molecular complexity index is 195. The van der Waals surface area contributed by atoms with E-state index in [-0.39, 0.29) is 38.5 Å². The van der Waals surface area contributed by atoms with Gasteiger partial charge < -0.3 is 9.59 Å². The number of carbonyl (C=O) groups excluding carboxylic acids is 2. The molecular weight excluding hydrogens is 244 g/mol. The third-order valence-electron chi connectivity index (χ3n) is 1.49. The predicted molar refractivity (Wildman–Crippen MR) is 35.2 cm³/mol. The van der Waals surface area contributed by atoms with Crippen LogP contribution in [-0.2, 0) is 40.4 Å². The maximum Gasteiger partial charge on any atom is 0.142 e. The molecule has 0 N–H and O–H groups in total. The quantitative estimate of drug-likeness (QED) is 0.240. The van der Waals surface area contributed by atoms with Gasteiger partial charge in [0.15, 0.2) is 0 Å². The van der Waals surface area contributed by atoms with Crippen molar-refractivity contribution in [3.8, 4) is 0 Å². The summed E-state index contributed by atoms with van der Waals surface area (Å²) in [6.07, 6.45) is 0. The molecule has 0 spiro atoms. The number of Topliss-reactive ketones (excluding diaryl/α,β-unsaturated/α-hetero) is 2. The maximum absolute atomic E-state index is 10.9. The molecule has 1 fully saturated rings. The second kappa shape index (κ2) is 3.69. The van der Waals surface area contributed by atoms with E-state index in [2.05, 4.69) is 9.78 Å². The Labute approximate surface area is 84.8 Å². The summed E-state index contributed by atoms with van der Waals surface area (Å²) in [6.45, 7) is 4.16. The minimum atomic E-state index is -1.07. The van der Waals surface area contributed by atoms with Crippen LogP contribution in [0.5, 0.6) is 0 Å². The van der Waals surface area contributed by atoms with Crippen LogP contribution < -0.4 is 0 Å². The molecule has 1 aliphatic heterocycles. The van der Waals surface area contributed by atoms with E-state index in [1.807, 2.05) is 0 Å². The van der Waals surface area contributed by atoms with E-state index in [4.69, 9.17) is 0 Å². The summed E-state index contributed by atoms with van der Waals surface area (Å²) in [6, 6.07) is 0. The van der Waals surface area contributed by atoms with Gasteiger partial charge in [-0.3, -0.25) is 0 Å². The average Bonchev–Trinajstić information content (AvgIpc) is 2.44. The first kappa shape index (κ1) is 11.8. The van der Waals surface area contributed by atoms with E-state index in [9.17, 15) is 9.59 Å². The second-order valence-corrected chi connectivity index (χ2v) is 2.60. The molecule has 0 atom stereocenters. The molecule has 0 saturated carbocycles. The molecule has 0 radical (unpaired) electrons. The van der Waals surface area contributed by atoms with E-state index in [1.54, 1.807) is 0 Å². The van der Waals surface area contributed by atoms with Crippen LogP contribution in [0.2, 0.25) is 0 Å². The zero-order valence-electron chi connectivity index (χ0n) is 7.04. The SMILES string of the molecule is CC(=O)[C-](C(C)=O)C1(C)OO1.[Mo]. The van der Waals surface area contributed by atoms with Gasteiger partial charge >= 0.3 is 0 Å². The van der Waals surface area contributed by atoms with Crippen molar-refractivity contribution in [1.82, 2.24) is 0 Å². The van der Waals surface area contributed by atoms with E-state index in [1.165, 1.54) is 20.8 Å². The Morgan fingerprint density at radius 1 is 1.17 bits per heavy atom. The Hall–Kier alpha value is -0.182. The van der Waals surface area contributed by atoms with E-state index >= 15 is 0 Å². The first-order chi connectivity index (χ1) is 4.97. The maximum atomic E-state index is 10.9. The number of hydrogen-bond donors (Lipinski definition) is 0. The monoisotopic (exact) mass is 255 g/mol. The van der Waals surface area contributed by atoms with Crippen LogP contribution in [0.3, 0.4) is 0 Å². The largest absolute Gasteiger partial charge is 0.334 e. The Balaban J connectivity index is 0.00000121. The average molecular weight is 253 g/mol. The molecule has 0 unspecified atom stereocenters. The van der Waals surface area contributed by atoms with Gasteiger partial charge in [-0.25, -0.2) is 9.78 Å². The van der Waals surface area contributed by atoms with Gasteiger partial charge in [0.05, 0.1) is 0 Å². The summed E-state index contributed by atoms with van der Waals surface area (Å²) >= 11 is 0. The molecule has 12 heavy (non-hydrogen) atoms. The molecule has 4 nitrogen and oxygen atoms in total. The van der Waals surface area contributed by atoms with Gasteiger partial charge in [-0.1, -0.05) is 0 Å². The molecule has 68 valence electrons. The molecule has 0 aliphatic carbocycles. The summed E-state index contributed by atoms with van der Waals surface area (Å²) in [5.74, 6) is -1.62. The van der Waals surface area contributed by atoms with E-state index in [0.29, 0.717) is 0 Å². The molecule has 0 aromatic carbocycles. The molecule has 1 aliphatic rings. The minimum Gasteiger partial charge on any atom is -0.334 e. The summed E-state index contributed by atoms with van der Waals surface area (Å²) in [5, 5.41) is 0. The predicted octanol–water partition coefficient (Wildman–Crippen LogP) is 0.414. The van der Waals surface area contributed by atoms with Crippen molar-refractivity contribution >= 4 is 11.6 Å². The van der Waals surface area contributed by atoms with Crippen LogP contribution >= 0.6 is 0 Å². The zero-order chi connectivity index (χ0) is 8.65. The Morgan fingerprint density at radius 3 is 1.58 bits per heavy atom. The van der Waals surface area contributed by atoms with Crippen molar-refractivity contribution in [2.24, 2.45) is 0 Å². The van der Waals surface area contributed by atoms with Crippen LogP contribution in [0.1, 0.15) is 20.8 Å². The topological polar surface area (TPSA) is 59.2 Å². The number of ketones is 2. The second-order valence-electron chi connectivity index (χ2n) is 2.60. The summed E-state index contributed by atoms with van der Waals surface area (Å²) in [4.78, 5) is 30.7. The number of hydrogen-bond acceptors (Lipinski definition) is 4. The normalized spacial score (nSPS) is 17.6. The van der Waals surface area contributed by atoms with Gasteiger partial charge in [0.1, 0.15) is 5.79 Å². The van der Waals surface area contributed by atoms with Crippen molar-refractivity contribution in [3.63, 3.8) is 0 Å². The standard InChI is InChI=1S/C7H9O4.Mo/c1-4(8)6(5(2)9)7(3)10-11-7;/h1-3H3;/q-1;. The molecule has 0 aromatic heterocycles. The molecular formula is C7H9MoO4-. The van der Waals surface area contributed by atoms with Gasteiger partial charge in [-0.15, -0.1) is 0 Å². The van der Waals surface area contributed by atoms with Gasteiger partial charge in [-0.05, 0) is 20.8 Å². The molecule has 0 aromatic rings. The van der Waals surface area contributed by atoms with Crippen molar-refractivity contribution in [3.05, 3.63) is 5.92 Å². The van der Waals surface area contributed by atoms with Crippen LogP contribution in [-0.4, -0.2) is 17.4 Å². The van der Waals surface area contributed by atoms with Gasteiger partial charge in [0, 0.05) is 32.6 Å². The number of carbonyl (C=O) groups is 2. The third kappa shape index (κ3) is 2.16. The molecule has 5 heteroatoms. The smallest absolute Gasteiger partial charge is 0.142 e. The molecule has 1 heterocycles. The first-order valence-corrected chi connectivity index (χ1v) is 3.23. The van der Waals surface area contributed by atoms with Gasteiger partial charge in [0.2, 0.25) is 0 Å². The Morgan fingerprint density at radius 2 is 1.50 bits per heavy atom. The van der Waals surface area contributed by atoms with Crippen molar-refractivity contribution < 1.29 is 40.4 Å². The number of rotatable bonds is 3. The molecule has 1 rings (SSSR count). The first-order valence-electron chi connectivity index (χ1n) is 3.23. The fourth-order valence-electron chi connectivity index (χ4n) is 1.03. The van der Waals surface area contributed by atoms with Gasteiger partial charge in [-0.2, -0.15) is 5.92 Å². The van der Waals surface area contributed by atoms with Crippen molar-refractivity contribution in [1.29, 1.82) is 0 Å².